The summed E-state index contributed by atoms with van der Waals surface area (Å²) in [4.78, 5) is 0. The van der Waals surface area contributed by atoms with Crippen LogP contribution in [0, 0.1) is 17.0 Å². The molecule has 0 aromatic heterocycles. The lowest BCUT2D eigenvalue weighted by molar-refractivity contribution is 0.363. The molecule has 1 aromatic rings. The van der Waals surface area contributed by atoms with Crippen LogP contribution in [0.1, 0.15) is 38.7 Å². The van der Waals surface area contributed by atoms with E-state index >= 15 is 0 Å². The zero-order chi connectivity index (χ0) is 12.5. The van der Waals surface area contributed by atoms with Gasteiger partial charge in [-0.3, -0.25) is 0 Å². The van der Waals surface area contributed by atoms with Crippen LogP contribution in [0.15, 0.2) is 18.2 Å². The summed E-state index contributed by atoms with van der Waals surface area (Å²) in [5.74, 6) is -0.926. The average Bonchev–Trinajstić information content (AvgIpc) is 2.57. The SMILES string of the molecule is CC1(C)CCC(NCc2c(F)cccc2F)C1. The molecule has 0 amide bonds. The molecular weight excluding hydrogens is 220 g/mol. The van der Waals surface area contributed by atoms with Gasteiger partial charge in [-0.25, -0.2) is 8.78 Å². The molecule has 1 aromatic carbocycles. The molecule has 0 radical (unpaired) electrons. The summed E-state index contributed by atoms with van der Waals surface area (Å²) in [5.41, 5.74) is 0.503. The Balaban J connectivity index is 1.95. The van der Waals surface area contributed by atoms with E-state index in [1.165, 1.54) is 24.6 Å². The Morgan fingerprint density at radius 2 is 1.94 bits per heavy atom. The highest BCUT2D eigenvalue weighted by molar-refractivity contribution is 5.19. The van der Waals surface area contributed by atoms with Crippen molar-refractivity contribution < 1.29 is 8.78 Å². The number of rotatable bonds is 3. The van der Waals surface area contributed by atoms with Gasteiger partial charge in [0.2, 0.25) is 0 Å². The fourth-order valence-electron chi connectivity index (χ4n) is 2.56. The molecule has 1 saturated carbocycles. The van der Waals surface area contributed by atoms with Crippen molar-refractivity contribution in [2.45, 2.75) is 45.7 Å². The lowest BCUT2D eigenvalue weighted by Gasteiger charge is -2.18. The van der Waals surface area contributed by atoms with Crippen LogP contribution in [0.3, 0.4) is 0 Å². The Morgan fingerprint density at radius 3 is 2.47 bits per heavy atom. The lowest BCUT2D eigenvalue weighted by atomic mass is 9.92. The van der Waals surface area contributed by atoms with Crippen molar-refractivity contribution in [2.24, 2.45) is 5.41 Å². The van der Waals surface area contributed by atoms with Gasteiger partial charge >= 0.3 is 0 Å². The van der Waals surface area contributed by atoms with Gasteiger partial charge in [-0.1, -0.05) is 19.9 Å². The van der Waals surface area contributed by atoms with Crippen LogP contribution in [-0.2, 0) is 6.54 Å². The van der Waals surface area contributed by atoms with Gasteiger partial charge in [0, 0.05) is 18.2 Å². The summed E-state index contributed by atoms with van der Waals surface area (Å²) in [6.07, 6.45) is 3.33. The van der Waals surface area contributed by atoms with Gasteiger partial charge in [0.15, 0.2) is 0 Å². The smallest absolute Gasteiger partial charge is 0.130 e. The molecule has 1 nitrogen and oxygen atoms in total. The van der Waals surface area contributed by atoms with Gasteiger partial charge in [-0.2, -0.15) is 0 Å². The van der Waals surface area contributed by atoms with Crippen molar-refractivity contribution in [3.8, 4) is 0 Å². The van der Waals surface area contributed by atoms with Gasteiger partial charge in [-0.05, 0) is 36.8 Å². The maximum atomic E-state index is 13.4. The van der Waals surface area contributed by atoms with Gasteiger partial charge in [0.1, 0.15) is 11.6 Å². The summed E-state index contributed by atoms with van der Waals surface area (Å²) in [5, 5.41) is 3.26. The maximum absolute atomic E-state index is 13.4. The van der Waals surface area contributed by atoms with E-state index in [0.29, 0.717) is 11.5 Å². The van der Waals surface area contributed by atoms with E-state index in [2.05, 4.69) is 19.2 Å². The second kappa shape index (κ2) is 4.73. The van der Waals surface area contributed by atoms with Crippen LogP contribution in [0.4, 0.5) is 8.78 Å². The maximum Gasteiger partial charge on any atom is 0.130 e. The molecule has 1 aliphatic carbocycles. The molecule has 1 aliphatic rings. The minimum atomic E-state index is -0.463. The van der Waals surface area contributed by atoms with Gasteiger partial charge in [0.25, 0.3) is 0 Å². The molecular formula is C14H19F2N. The number of halogens is 2. The molecule has 1 unspecified atom stereocenters. The van der Waals surface area contributed by atoms with Crippen LogP contribution in [0.5, 0.6) is 0 Å². The Labute approximate surface area is 101 Å². The zero-order valence-corrected chi connectivity index (χ0v) is 10.4. The fourth-order valence-corrected chi connectivity index (χ4v) is 2.56. The number of nitrogens with one attached hydrogen (secondary N) is 1. The van der Waals surface area contributed by atoms with Gasteiger partial charge in [0.05, 0.1) is 0 Å². The van der Waals surface area contributed by atoms with E-state index in [1.807, 2.05) is 0 Å². The second-order valence-electron chi connectivity index (χ2n) is 5.69. The molecule has 0 heterocycles. The molecule has 17 heavy (non-hydrogen) atoms. The van der Waals surface area contributed by atoms with Crippen LogP contribution in [0.25, 0.3) is 0 Å². The molecule has 3 heteroatoms. The predicted molar refractivity (Wildman–Crippen MR) is 64.6 cm³/mol. The quantitative estimate of drug-likeness (QED) is 0.849. The highest BCUT2D eigenvalue weighted by Crippen LogP contribution is 2.37. The first kappa shape index (κ1) is 12.5. The van der Waals surface area contributed by atoms with E-state index in [4.69, 9.17) is 0 Å². The van der Waals surface area contributed by atoms with Crippen molar-refractivity contribution in [3.63, 3.8) is 0 Å². The third-order valence-corrected chi connectivity index (χ3v) is 3.60. The molecule has 2 rings (SSSR count). The molecule has 94 valence electrons. The van der Waals surface area contributed by atoms with Crippen molar-refractivity contribution in [2.75, 3.05) is 0 Å². The summed E-state index contributed by atoms with van der Waals surface area (Å²) < 4.78 is 26.8. The Hall–Kier alpha value is -0.960. The van der Waals surface area contributed by atoms with Crippen molar-refractivity contribution in [1.29, 1.82) is 0 Å². The van der Waals surface area contributed by atoms with E-state index in [-0.39, 0.29) is 12.1 Å². The van der Waals surface area contributed by atoms with Crippen LogP contribution in [-0.4, -0.2) is 6.04 Å². The highest BCUT2D eigenvalue weighted by atomic mass is 19.1. The van der Waals surface area contributed by atoms with Gasteiger partial charge < -0.3 is 5.32 Å². The largest absolute Gasteiger partial charge is 0.310 e. The third-order valence-electron chi connectivity index (χ3n) is 3.60. The van der Waals surface area contributed by atoms with Crippen molar-refractivity contribution in [1.82, 2.24) is 5.32 Å². The average molecular weight is 239 g/mol. The summed E-state index contributed by atoms with van der Waals surface area (Å²) in [7, 11) is 0. The first-order valence-electron chi connectivity index (χ1n) is 6.14. The van der Waals surface area contributed by atoms with Crippen molar-refractivity contribution >= 4 is 0 Å². The zero-order valence-electron chi connectivity index (χ0n) is 10.4. The first-order valence-corrected chi connectivity index (χ1v) is 6.14. The summed E-state index contributed by atoms with van der Waals surface area (Å²) in [6, 6.07) is 4.38. The second-order valence-corrected chi connectivity index (χ2v) is 5.69. The predicted octanol–water partition coefficient (Wildman–Crippen LogP) is 3.63. The first-order chi connectivity index (χ1) is 7.98. The third kappa shape index (κ3) is 3.03. The Kier molecular flexibility index (Phi) is 3.48. The molecule has 1 atom stereocenters. The van der Waals surface area contributed by atoms with E-state index in [1.54, 1.807) is 0 Å². The number of hydrogen-bond acceptors (Lipinski definition) is 1. The Bertz CT molecular complexity index is 381. The van der Waals surface area contributed by atoms with Crippen molar-refractivity contribution in [3.05, 3.63) is 35.4 Å². The van der Waals surface area contributed by atoms with E-state index < -0.39 is 11.6 Å². The van der Waals surface area contributed by atoms with Crippen LogP contribution in [0.2, 0.25) is 0 Å². The van der Waals surface area contributed by atoms with E-state index in [0.717, 1.165) is 12.8 Å². The van der Waals surface area contributed by atoms with Crippen LogP contribution < -0.4 is 5.32 Å². The Morgan fingerprint density at radius 1 is 1.29 bits per heavy atom. The molecule has 0 spiro atoms. The standard InChI is InChI=1S/C14H19F2N/c1-14(2)7-6-10(8-14)17-9-11-12(15)4-3-5-13(11)16/h3-5,10,17H,6-9H2,1-2H3. The topological polar surface area (TPSA) is 12.0 Å². The monoisotopic (exact) mass is 239 g/mol. The molecule has 0 aliphatic heterocycles. The minimum Gasteiger partial charge on any atom is -0.310 e. The normalized spacial score (nSPS) is 22.9. The lowest BCUT2D eigenvalue weighted by Crippen LogP contribution is -2.27. The highest BCUT2D eigenvalue weighted by Gasteiger charge is 2.30. The summed E-state index contributed by atoms with van der Waals surface area (Å²) in [6.45, 7) is 4.75. The molecule has 0 bridgehead atoms. The number of hydrogen-bond donors (Lipinski definition) is 1. The summed E-state index contributed by atoms with van der Waals surface area (Å²) >= 11 is 0. The number of benzene rings is 1. The fraction of sp³-hybridized carbons (Fsp3) is 0.571. The van der Waals surface area contributed by atoms with Crippen LogP contribution >= 0.6 is 0 Å². The molecule has 1 N–H and O–H groups in total. The molecule has 1 fully saturated rings. The van der Waals surface area contributed by atoms with E-state index in [9.17, 15) is 8.78 Å². The minimum absolute atomic E-state index is 0.150. The molecule has 0 saturated heterocycles. The van der Waals surface area contributed by atoms with Gasteiger partial charge in [-0.15, -0.1) is 0 Å².